The molecule has 1 aromatic carbocycles. The van der Waals surface area contributed by atoms with Crippen molar-refractivity contribution >= 4 is 31.6 Å². The van der Waals surface area contributed by atoms with Crippen molar-refractivity contribution in [1.82, 2.24) is 9.44 Å². The number of hydrogen-bond acceptors (Lipinski definition) is 5. The van der Waals surface area contributed by atoms with E-state index in [4.69, 9.17) is 0 Å². The van der Waals surface area contributed by atoms with Crippen LogP contribution < -0.4 is 14.8 Å². The van der Waals surface area contributed by atoms with Crippen LogP contribution in [0.5, 0.6) is 0 Å². The highest BCUT2D eigenvalue weighted by Crippen LogP contribution is 2.21. The van der Waals surface area contributed by atoms with E-state index in [1.165, 1.54) is 12.1 Å². The Morgan fingerprint density at radius 1 is 0.968 bits per heavy atom. The number of carbonyl (C=O) groups excluding carboxylic acids is 1. The van der Waals surface area contributed by atoms with Gasteiger partial charge in [-0.25, -0.2) is 26.3 Å². The first-order chi connectivity index (χ1) is 14.4. The van der Waals surface area contributed by atoms with Crippen molar-refractivity contribution in [1.29, 1.82) is 0 Å². The highest BCUT2D eigenvalue weighted by atomic mass is 32.2. The molecule has 1 aliphatic rings. The Kier molecular flexibility index (Phi) is 9.05. The zero-order chi connectivity index (χ0) is 23.1. The summed E-state index contributed by atoms with van der Waals surface area (Å²) < 4.78 is 53.4. The van der Waals surface area contributed by atoms with E-state index in [9.17, 15) is 21.6 Å². The fourth-order valence-corrected chi connectivity index (χ4v) is 5.43. The first-order valence-electron chi connectivity index (χ1n) is 10.8. The van der Waals surface area contributed by atoms with Gasteiger partial charge < -0.3 is 5.32 Å². The van der Waals surface area contributed by atoms with Gasteiger partial charge in [0.2, 0.25) is 26.0 Å². The van der Waals surface area contributed by atoms with Gasteiger partial charge in [-0.05, 0) is 70.7 Å². The summed E-state index contributed by atoms with van der Waals surface area (Å²) in [5.41, 5.74) is 0.523. The van der Waals surface area contributed by atoms with Gasteiger partial charge in [0.1, 0.15) is 0 Å². The molecule has 176 valence electrons. The van der Waals surface area contributed by atoms with E-state index in [0.717, 1.165) is 32.1 Å². The fraction of sp³-hybridized carbons (Fsp3) is 0.667. The van der Waals surface area contributed by atoms with Crippen LogP contribution in [0.2, 0.25) is 0 Å². The monoisotopic (exact) mass is 473 g/mol. The van der Waals surface area contributed by atoms with Gasteiger partial charge in [0.05, 0.1) is 9.64 Å². The van der Waals surface area contributed by atoms with Gasteiger partial charge in [-0.3, -0.25) is 4.79 Å². The summed E-state index contributed by atoms with van der Waals surface area (Å²) in [6.45, 7) is 5.18. The molecule has 10 heteroatoms. The third-order valence-corrected chi connectivity index (χ3v) is 9.04. The van der Waals surface area contributed by atoms with E-state index in [0.29, 0.717) is 18.5 Å². The molecule has 1 saturated carbocycles. The molecule has 31 heavy (non-hydrogen) atoms. The molecule has 0 aliphatic heterocycles. The lowest BCUT2D eigenvalue weighted by Gasteiger charge is -2.22. The predicted molar refractivity (Wildman–Crippen MR) is 123 cm³/mol. The third-order valence-electron chi connectivity index (χ3n) is 5.30. The number of rotatable bonds is 10. The van der Waals surface area contributed by atoms with Gasteiger partial charge in [-0.2, -0.15) is 0 Å². The van der Waals surface area contributed by atoms with Gasteiger partial charge >= 0.3 is 0 Å². The minimum atomic E-state index is -3.57. The van der Waals surface area contributed by atoms with Crippen LogP contribution in [0.4, 0.5) is 5.69 Å². The largest absolute Gasteiger partial charge is 0.326 e. The lowest BCUT2D eigenvalue weighted by Crippen LogP contribution is -2.39. The van der Waals surface area contributed by atoms with Gasteiger partial charge in [-0.15, -0.1) is 0 Å². The van der Waals surface area contributed by atoms with Crippen molar-refractivity contribution < 1.29 is 21.6 Å². The summed E-state index contributed by atoms with van der Waals surface area (Å²) in [7, 11) is -6.94. The molecular weight excluding hydrogens is 438 g/mol. The lowest BCUT2D eigenvalue weighted by atomic mass is 9.96. The van der Waals surface area contributed by atoms with E-state index in [1.54, 1.807) is 32.9 Å². The Hall–Kier alpha value is -1.49. The number of unbranched alkanes of at least 4 members (excludes halogenated alkanes) is 1. The second-order valence-electron chi connectivity index (χ2n) is 9.00. The number of sulfonamides is 2. The summed E-state index contributed by atoms with van der Waals surface area (Å²) in [6.07, 6.45) is 6.31. The van der Waals surface area contributed by atoms with Crippen LogP contribution in [0.1, 0.15) is 72.1 Å². The maximum Gasteiger partial charge on any atom is 0.240 e. The van der Waals surface area contributed by atoms with Crippen molar-refractivity contribution in [3.05, 3.63) is 24.3 Å². The average molecular weight is 474 g/mol. The van der Waals surface area contributed by atoms with Gasteiger partial charge in [0.25, 0.3) is 0 Å². The Bertz CT molecular complexity index is 930. The molecule has 1 fully saturated rings. The van der Waals surface area contributed by atoms with Crippen LogP contribution in [0.3, 0.4) is 0 Å². The first kappa shape index (κ1) is 25.8. The second-order valence-corrected chi connectivity index (χ2v) is 13.2. The normalized spacial score (nSPS) is 16.2. The lowest BCUT2D eigenvalue weighted by molar-refractivity contribution is -0.116. The van der Waals surface area contributed by atoms with Crippen molar-refractivity contribution in [2.75, 3.05) is 11.9 Å². The van der Waals surface area contributed by atoms with Crippen LogP contribution in [-0.4, -0.2) is 40.1 Å². The molecule has 0 saturated heterocycles. The zero-order valence-corrected chi connectivity index (χ0v) is 20.2. The Balaban J connectivity index is 1.76. The smallest absolute Gasteiger partial charge is 0.240 e. The highest BCUT2D eigenvalue weighted by molar-refractivity contribution is 7.90. The van der Waals surface area contributed by atoms with E-state index in [1.807, 2.05) is 0 Å². The molecule has 2 rings (SSSR count). The number of hydrogen-bond donors (Lipinski definition) is 3. The third kappa shape index (κ3) is 8.17. The summed E-state index contributed by atoms with van der Waals surface area (Å²) in [5.74, 6) is -0.199. The van der Waals surface area contributed by atoms with Crippen LogP contribution >= 0.6 is 0 Å². The Morgan fingerprint density at radius 3 is 2.16 bits per heavy atom. The molecule has 0 spiro atoms. The standard InChI is InChI=1S/C21H35N3O5S2/c1-21(2,3)31(28,29)22-16-8-7-11-20(25)23-17-12-14-19(15-13-17)30(26,27)24-18-9-5-4-6-10-18/h12-15,18,22,24H,4-11,16H2,1-3H3,(H,23,25). The molecule has 0 heterocycles. The minimum Gasteiger partial charge on any atom is -0.326 e. The molecule has 1 amide bonds. The first-order valence-corrected chi connectivity index (χ1v) is 13.8. The predicted octanol–water partition coefficient (Wildman–Crippen LogP) is 3.12. The minimum absolute atomic E-state index is 0.00833. The van der Waals surface area contributed by atoms with E-state index < -0.39 is 24.8 Å². The zero-order valence-electron chi connectivity index (χ0n) is 18.6. The number of carbonyl (C=O) groups is 1. The molecule has 0 atom stereocenters. The summed E-state index contributed by atoms with van der Waals surface area (Å²) in [5, 5.41) is 2.74. The van der Waals surface area contributed by atoms with E-state index in [2.05, 4.69) is 14.8 Å². The molecule has 0 aromatic heterocycles. The van der Waals surface area contributed by atoms with Gasteiger partial charge in [0.15, 0.2) is 0 Å². The SMILES string of the molecule is CC(C)(C)S(=O)(=O)NCCCCC(=O)Nc1ccc(S(=O)(=O)NC2CCCCC2)cc1. The number of amides is 1. The van der Waals surface area contributed by atoms with Crippen molar-refractivity contribution in [3.63, 3.8) is 0 Å². The molecule has 1 aliphatic carbocycles. The average Bonchev–Trinajstić information content (AvgIpc) is 2.67. The van der Waals surface area contributed by atoms with Crippen LogP contribution in [0.25, 0.3) is 0 Å². The maximum atomic E-state index is 12.5. The molecule has 0 radical (unpaired) electrons. The Morgan fingerprint density at radius 2 is 1.58 bits per heavy atom. The van der Waals surface area contributed by atoms with Crippen LogP contribution in [0.15, 0.2) is 29.2 Å². The second kappa shape index (κ2) is 10.9. The molecule has 0 bridgehead atoms. The van der Waals surface area contributed by atoms with E-state index in [-0.39, 0.29) is 29.8 Å². The highest BCUT2D eigenvalue weighted by Gasteiger charge is 2.28. The van der Waals surface area contributed by atoms with Crippen molar-refractivity contribution in [3.8, 4) is 0 Å². The van der Waals surface area contributed by atoms with Crippen LogP contribution in [-0.2, 0) is 24.8 Å². The summed E-state index contributed by atoms with van der Waals surface area (Å²) in [4.78, 5) is 12.3. The van der Waals surface area contributed by atoms with Gasteiger partial charge in [-0.1, -0.05) is 19.3 Å². The van der Waals surface area contributed by atoms with Crippen molar-refractivity contribution in [2.45, 2.75) is 87.8 Å². The Labute approximate surface area is 186 Å². The number of nitrogens with one attached hydrogen (secondary N) is 3. The number of benzene rings is 1. The van der Waals surface area contributed by atoms with Crippen molar-refractivity contribution in [2.24, 2.45) is 0 Å². The molecular formula is C21H35N3O5S2. The van der Waals surface area contributed by atoms with E-state index >= 15 is 0 Å². The summed E-state index contributed by atoms with van der Waals surface area (Å²) >= 11 is 0. The molecule has 8 nitrogen and oxygen atoms in total. The topological polar surface area (TPSA) is 121 Å². The fourth-order valence-electron chi connectivity index (χ4n) is 3.28. The summed E-state index contributed by atoms with van der Waals surface area (Å²) in [6, 6.07) is 6.12. The molecule has 0 unspecified atom stereocenters. The number of anilines is 1. The van der Waals surface area contributed by atoms with Gasteiger partial charge in [0, 0.05) is 24.7 Å². The quantitative estimate of drug-likeness (QED) is 0.451. The molecule has 1 aromatic rings. The van der Waals surface area contributed by atoms with Crippen LogP contribution in [0, 0.1) is 0 Å². The molecule has 3 N–H and O–H groups in total. The maximum absolute atomic E-state index is 12.5.